The van der Waals surface area contributed by atoms with E-state index in [0.717, 1.165) is 6.54 Å². The first-order valence-electron chi connectivity index (χ1n) is 4.08. The fraction of sp³-hybridized carbons (Fsp3) is 0.667. The van der Waals surface area contributed by atoms with E-state index in [2.05, 4.69) is 30.4 Å². The van der Waals surface area contributed by atoms with Gasteiger partial charge in [0.15, 0.2) is 0 Å². The van der Waals surface area contributed by atoms with Crippen LogP contribution >= 0.6 is 0 Å². The van der Waals surface area contributed by atoms with Gasteiger partial charge in [-0.3, -0.25) is 4.90 Å². The van der Waals surface area contributed by atoms with Gasteiger partial charge in [0.2, 0.25) is 0 Å². The van der Waals surface area contributed by atoms with E-state index >= 15 is 0 Å². The van der Waals surface area contributed by atoms with Crippen LogP contribution in [-0.2, 0) is 0 Å². The zero-order valence-corrected chi connectivity index (χ0v) is 6.71. The summed E-state index contributed by atoms with van der Waals surface area (Å²) in [7, 11) is 0. The Labute approximate surface area is 63.7 Å². The van der Waals surface area contributed by atoms with Gasteiger partial charge in [0.05, 0.1) is 0 Å². The van der Waals surface area contributed by atoms with E-state index in [1.54, 1.807) is 0 Å². The van der Waals surface area contributed by atoms with Crippen molar-refractivity contribution in [1.29, 1.82) is 0 Å². The van der Waals surface area contributed by atoms with Crippen LogP contribution in [0.4, 0.5) is 0 Å². The smallest absolute Gasteiger partial charge is 0.0163 e. The molecular formula is C9H16N. The van der Waals surface area contributed by atoms with Crippen LogP contribution < -0.4 is 0 Å². The summed E-state index contributed by atoms with van der Waals surface area (Å²) in [6.45, 7) is 5.73. The summed E-state index contributed by atoms with van der Waals surface area (Å²) >= 11 is 0. The first kappa shape index (κ1) is 7.80. The molecule has 1 heterocycles. The third-order valence-corrected chi connectivity index (χ3v) is 1.90. The molecule has 1 fully saturated rings. The second-order valence-corrected chi connectivity index (χ2v) is 2.74. The fourth-order valence-electron chi connectivity index (χ4n) is 1.24. The quantitative estimate of drug-likeness (QED) is 0.526. The summed E-state index contributed by atoms with van der Waals surface area (Å²) in [6, 6.07) is 0. The van der Waals surface area contributed by atoms with Gasteiger partial charge in [-0.25, -0.2) is 0 Å². The molecule has 0 saturated carbocycles. The second kappa shape index (κ2) is 4.51. The number of rotatable bonds is 2. The van der Waals surface area contributed by atoms with E-state index in [1.807, 2.05) is 0 Å². The molecule has 1 aliphatic heterocycles. The van der Waals surface area contributed by atoms with Crippen LogP contribution in [0.25, 0.3) is 0 Å². The van der Waals surface area contributed by atoms with Crippen LogP contribution in [-0.4, -0.2) is 24.5 Å². The first-order valence-corrected chi connectivity index (χ1v) is 4.08. The molecule has 1 aliphatic rings. The number of likely N-dealkylation sites (tertiary alicyclic amines) is 1. The molecule has 0 aromatic heterocycles. The minimum absolute atomic E-state index is 1.14. The molecule has 1 nitrogen and oxygen atoms in total. The lowest BCUT2D eigenvalue weighted by Gasteiger charge is -2.24. The van der Waals surface area contributed by atoms with E-state index in [0.29, 0.717) is 0 Å². The van der Waals surface area contributed by atoms with Crippen LogP contribution in [0.1, 0.15) is 19.8 Å². The molecule has 1 heteroatoms. The van der Waals surface area contributed by atoms with Crippen molar-refractivity contribution >= 4 is 0 Å². The minimum Gasteiger partial charge on any atom is -0.300 e. The van der Waals surface area contributed by atoms with Crippen molar-refractivity contribution in [2.75, 3.05) is 19.6 Å². The van der Waals surface area contributed by atoms with Crippen molar-refractivity contribution in [1.82, 2.24) is 4.90 Å². The Hall–Kier alpha value is -0.300. The van der Waals surface area contributed by atoms with Crippen LogP contribution in [0, 0.1) is 6.42 Å². The summed E-state index contributed by atoms with van der Waals surface area (Å²) in [5.74, 6) is 0. The third-order valence-electron chi connectivity index (χ3n) is 1.90. The fourth-order valence-corrected chi connectivity index (χ4v) is 1.24. The van der Waals surface area contributed by atoms with Crippen molar-refractivity contribution in [3.63, 3.8) is 0 Å². The summed E-state index contributed by atoms with van der Waals surface area (Å²) < 4.78 is 0. The lowest BCUT2D eigenvalue weighted by molar-refractivity contribution is 0.280. The van der Waals surface area contributed by atoms with Gasteiger partial charge in [-0.05, 0) is 39.3 Å². The number of hydrogen-bond acceptors (Lipinski definition) is 1. The Balaban J connectivity index is 2.13. The molecule has 10 heavy (non-hydrogen) atoms. The highest BCUT2D eigenvalue weighted by molar-refractivity contribution is 4.84. The summed E-state index contributed by atoms with van der Waals surface area (Å²) in [5.41, 5.74) is 0. The molecule has 0 amide bonds. The van der Waals surface area contributed by atoms with Gasteiger partial charge in [0, 0.05) is 6.54 Å². The molecule has 0 unspecified atom stereocenters. The van der Waals surface area contributed by atoms with Gasteiger partial charge in [-0.15, -0.1) is 0 Å². The van der Waals surface area contributed by atoms with Crippen molar-refractivity contribution in [2.45, 2.75) is 19.8 Å². The number of hydrogen-bond donors (Lipinski definition) is 0. The van der Waals surface area contributed by atoms with E-state index in [-0.39, 0.29) is 0 Å². The standard InChI is InChI=1S/C9H16N/c1-2-3-7-10-8-5-4-6-9-10/h2-4H,5-9H2,1H3. The van der Waals surface area contributed by atoms with Gasteiger partial charge in [-0.1, -0.05) is 12.2 Å². The average molecular weight is 138 g/mol. The lowest BCUT2D eigenvalue weighted by Crippen LogP contribution is -2.29. The summed E-state index contributed by atoms with van der Waals surface area (Å²) in [5, 5.41) is 0. The Kier molecular flexibility index (Phi) is 3.52. The van der Waals surface area contributed by atoms with E-state index in [9.17, 15) is 0 Å². The lowest BCUT2D eigenvalue weighted by atomic mass is 10.1. The van der Waals surface area contributed by atoms with Gasteiger partial charge >= 0.3 is 0 Å². The molecule has 57 valence electrons. The van der Waals surface area contributed by atoms with Crippen LogP contribution in [0.15, 0.2) is 12.2 Å². The van der Waals surface area contributed by atoms with Crippen molar-refractivity contribution < 1.29 is 0 Å². The van der Waals surface area contributed by atoms with Gasteiger partial charge < -0.3 is 0 Å². The Morgan fingerprint density at radius 2 is 2.10 bits per heavy atom. The molecule has 0 bridgehead atoms. The zero-order chi connectivity index (χ0) is 7.23. The average Bonchev–Trinajstić information content (AvgIpc) is 2.03. The molecule has 0 aromatic carbocycles. The maximum absolute atomic E-state index is 2.49. The zero-order valence-electron chi connectivity index (χ0n) is 6.71. The summed E-state index contributed by atoms with van der Waals surface area (Å²) in [4.78, 5) is 2.49. The SMILES string of the molecule is CC=CCN1CC[CH]CC1. The molecule has 0 spiro atoms. The monoisotopic (exact) mass is 138 g/mol. The number of allylic oxidation sites excluding steroid dienone is 1. The topological polar surface area (TPSA) is 3.24 Å². The molecule has 1 radical (unpaired) electrons. The molecule has 0 aromatic rings. The van der Waals surface area contributed by atoms with Gasteiger partial charge in [-0.2, -0.15) is 0 Å². The molecule has 0 atom stereocenters. The van der Waals surface area contributed by atoms with Crippen molar-refractivity contribution in [2.24, 2.45) is 0 Å². The highest BCUT2D eigenvalue weighted by atomic mass is 15.1. The van der Waals surface area contributed by atoms with Crippen LogP contribution in [0.3, 0.4) is 0 Å². The van der Waals surface area contributed by atoms with Crippen molar-refractivity contribution in [3.05, 3.63) is 18.6 Å². The molecule has 0 N–H and O–H groups in total. The van der Waals surface area contributed by atoms with Gasteiger partial charge in [0.1, 0.15) is 0 Å². The highest BCUT2D eigenvalue weighted by Gasteiger charge is 2.06. The highest BCUT2D eigenvalue weighted by Crippen LogP contribution is 2.06. The molecule has 1 saturated heterocycles. The minimum atomic E-state index is 1.14. The Morgan fingerprint density at radius 1 is 1.40 bits per heavy atom. The largest absolute Gasteiger partial charge is 0.300 e. The summed E-state index contributed by atoms with van der Waals surface area (Å²) in [6.07, 6.45) is 9.28. The molecule has 0 aliphatic carbocycles. The normalized spacial score (nSPS) is 22.1. The molecule has 1 rings (SSSR count). The van der Waals surface area contributed by atoms with E-state index < -0.39 is 0 Å². The maximum atomic E-state index is 2.49. The third kappa shape index (κ3) is 2.53. The predicted molar refractivity (Wildman–Crippen MR) is 44.8 cm³/mol. The number of nitrogens with zero attached hydrogens (tertiary/aromatic N) is 1. The van der Waals surface area contributed by atoms with Crippen LogP contribution in [0.2, 0.25) is 0 Å². The maximum Gasteiger partial charge on any atom is 0.0163 e. The van der Waals surface area contributed by atoms with E-state index in [4.69, 9.17) is 0 Å². The van der Waals surface area contributed by atoms with Crippen LogP contribution in [0.5, 0.6) is 0 Å². The molecular weight excluding hydrogens is 122 g/mol. The Bertz CT molecular complexity index is 101. The second-order valence-electron chi connectivity index (χ2n) is 2.74. The van der Waals surface area contributed by atoms with E-state index in [1.165, 1.54) is 25.9 Å². The van der Waals surface area contributed by atoms with Crippen molar-refractivity contribution in [3.8, 4) is 0 Å². The first-order chi connectivity index (χ1) is 4.93. The predicted octanol–water partition coefficient (Wildman–Crippen LogP) is 1.86. The van der Waals surface area contributed by atoms with Gasteiger partial charge in [0.25, 0.3) is 0 Å². The Morgan fingerprint density at radius 3 is 2.70 bits per heavy atom. The number of piperidine rings is 1.